The summed E-state index contributed by atoms with van der Waals surface area (Å²) in [5, 5.41) is 105. The predicted octanol–water partition coefficient (Wildman–Crippen LogP) is -2.23. The molecule has 0 radical (unpaired) electrons. The molecule has 3 heterocycles. The number of phenols is 1. The SMILES string of the molecule is CCNCC[C@@H](O)[C@@H]1NC(=O)[C@H]([C@H](O)[C@@H](O)c2ccc(O)cc2)NC(=O)[C@@H]2C[C@@H](O)CN2C(=O)[C@H]([C@@H](C)O)NC(=O)[C@@H](NC(=O)CCCCCCCC[C@@H](C)C[C@@H](C)CC)C[C@@H](O)[C@@H](OCCN)NC(=O)[C@@H]2[C@@H](O)CCN2C1=O. The van der Waals surface area contributed by atoms with Gasteiger partial charge in [-0.05, 0) is 75.2 Å². The number of aliphatic hydroxyl groups excluding tert-OH is 7. The van der Waals surface area contributed by atoms with Crippen molar-refractivity contribution in [2.75, 3.05) is 39.3 Å². The Morgan fingerprint density at radius 3 is 2.03 bits per heavy atom. The highest BCUT2D eigenvalue weighted by Gasteiger charge is 2.49. The minimum absolute atomic E-state index is 0.0376. The molecule has 0 aliphatic carbocycles. The highest BCUT2D eigenvalue weighted by molar-refractivity contribution is 5.98. The summed E-state index contributed by atoms with van der Waals surface area (Å²) in [6, 6.07) is -6.41. The quantitative estimate of drug-likeness (QED) is 0.0461. The maximum absolute atomic E-state index is 14.7. The molecule has 4 rings (SSSR count). The number of hydrogen-bond acceptors (Lipinski definition) is 18. The van der Waals surface area contributed by atoms with Crippen molar-refractivity contribution in [3.63, 3.8) is 0 Å². The van der Waals surface area contributed by atoms with E-state index in [2.05, 4.69) is 52.7 Å². The van der Waals surface area contributed by atoms with E-state index in [0.717, 1.165) is 55.2 Å². The van der Waals surface area contributed by atoms with Crippen LogP contribution in [-0.2, 0) is 38.3 Å². The van der Waals surface area contributed by atoms with Crippen LogP contribution in [0.1, 0.15) is 136 Å². The van der Waals surface area contributed by atoms with Gasteiger partial charge in [0.15, 0.2) is 6.23 Å². The summed E-state index contributed by atoms with van der Waals surface area (Å²) in [7, 11) is 0. The lowest BCUT2D eigenvalue weighted by Gasteiger charge is -2.35. The fourth-order valence-electron chi connectivity index (χ4n) is 10.4. The van der Waals surface area contributed by atoms with Crippen molar-refractivity contribution in [2.45, 2.75) is 210 Å². The van der Waals surface area contributed by atoms with Crippen LogP contribution in [0.3, 0.4) is 0 Å². The molecule has 3 saturated heterocycles. The van der Waals surface area contributed by atoms with Gasteiger partial charge in [-0.3, -0.25) is 33.6 Å². The molecule has 0 unspecified atom stereocenters. The van der Waals surface area contributed by atoms with E-state index in [9.17, 15) is 74.4 Å². The Morgan fingerprint density at radius 1 is 0.747 bits per heavy atom. The van der Waals surface area contributed by atoms with Gasteiger partial charge in [-0.15, -0.1) is 0 Å². The minimum Gasteiger partial charge on any atom is -0.508 e. The van der Waals surface area contributed by atoms with Crippen molar-refractivity contribution in [3.8, 4) is 5.75 Å². The molecule has 1 aromatic carbocycles. The predicted molar refractivity (Wildman–Crippen MR) is 288 cm³/mol. The van der Waals surface area contributed by atoms with Gasteiger partial charge >= 0.3 is 0 Å². The van der Waals surface area contributed by atoms with Crippen molar-refractivity contribution in [3.05, 3.63) is 29.8 Å². The van der Waals surface area contributed by atoms with Crippen LogP contribution >= 0.6 is 0 Å². The topological polar surface area (TPSA) is 395 Å². The number of carbonyl (C=O) groups is 7. The standard InChI is InChI=1S/C54H91N9O16/c1-6-30(3)26-31(4)14-12-10-8-9-11-13-15-41(70)57-36-28-40(69)52(79-25-22-55)61-51(76)45-39(68)21-24-62(45)54(78)43(38(67)20-23-56-7-2)59-50(75)44(47(72)46(71)33-16-18-34(65)19-17-33)60-49(74)37-27-35(66)29-63(37)53(77)42(32(5)64)58-48(36)73/h16-19,30-32,35-40,42-47,52,56,64-69,71-72H,6-15,20-29,55H2,1-5H3,(H,57,70)(H,58,73)(H,59,75)(H,60,74)(H,61,76)/t30-,31+,32+,35+,36-,37-,38+,39-,40+,42-,43-,44-,45-,46-,47-,52+/m0/s1. The van der Waals surface area contributed by atoms with Crippen LogP contribution in [0.2, 0.25) is 0 Å². The Morgan fingerprint density at radius 2 is 1.38 bits per heavy atom. The lowest BCUT2D eigenvalue weighted by molar-refractivity contribution is -0.149. The fraction of sp³-hybridized carbons (Fsp3) is 0.759. The van der Waals surface area contributed by atoms with Crippen molar-refractivity contribution in [1.82, 2.24) is 41.7 Å². The third-order valence-electron chi connectivity index (χ3n) is 15.2. The summed E-state index contributed by atoms with van der Waals surface area (Å²) < 4.78 is 5.76. The van der Waals surface area contributed by atoms with Gasteiger partial charge in [-0.25, -0.2) is 0 Å². The second-order valence-corrected chi connectivity index (χ2v) is 21.7. The average Bonchev–Trinajstić information content (AvgIpc) is 4.06. The number of nitrogens with one attached hydrogen (secondary N) is 6. The third-order valence-corrected chi connectivity index (χ3v) is 15.2. The highest BCUT2D eigenvalue weighted by atomic mass is 16.5. The number of aliphatic hydroxyl groups is 7. The lowest BCUT2D eigenvalue weighted by Crippen LogP contribution is -2.64. The molecule has 0 aromatic heterocycles. The van der Waals surface area contributed by atoms with E-state index in [4.69, 9.17) is 10.5 Å². The first-order valence-corrected chi connectivity index (χ1v) is 28.2. The van der Waals surface area contributed by atoms with Crippen molar-refractivity contribution in [2.24, 2.45) is 17.6 Å². The molecule has 0 spiro atoms. The first-order chi connectivity index (χ1) is 37.5. The van der Waals surface area contributed by atoms with E-state index >= 15 is 0 Å². The Hall–Kier alpha value is -5.09. The molecule has 16 N–H and O–H groups in total. The molecule has 448 valence electrons. The van der Waals surface area contributed by atoms with Crippen LogP contribution < -0.4 is 37.6 Å². The van der Waals surface area contributed by atoms with Gasteiger partial charge in [0.25, 0.3) is 0 Å². The largest absolute Gasteiger partial charge is 0.508 e. The van der Waals surface area contributed by atoms with Crippen LogP contribution in [0.4, 0.5) is 0 Å². The van der Waals surface area contributed by atoms with Gasteiger partial charge in [-0.1, -0.05) is 84.8 Å². The smallest absolute Gasteiger partial charge is 0.248 e. The van der Waals surface area contributed by atoms with Crippen molar-refractivity contribution in [1.29, 1.82) is 0 Å². The zero-order valence-electron chi connectivity index (χ0n) is 46.5. The first-order valence-electron chi connectivity index (χ1n) is 28.2. The Kier molecular flexibility index (Phi) is 27.7. The molecule has 0 saturated carbocycles. The lowest BCUT2D eigenvalue weighted by atomic mass is 9.91. The molecule has 7 amide bonds. The fourth-order valence-corrected chi connectivity index (χ4v) is 10.4. The molecule has 25 heteroatoms. The maximum atomic E-state index is 14.7. The number of carbonyl (C=O) groups excluding carboxylic acids is 7. The normalized spacial score (nSPS) is 28.2. The molecule has 16 atom stereocenters. The van der Waals surface area contributed by atoms with Crippen LogP contribution in [0.25, 0.3) is 0 Å². The number of rotatable bonds is 25. The number of aromatic hydroxyl groups is 1. The van der Waals surface area contributed by atoms with Gasteiger partial charge in [0.1, 0.15) is 60.3 Å². The minimum atomic E-state index is -2.27. The number of ether oxygens (including phenoxy) is 1. The van der Waals surface area contributed by atoms with Gasteiger partial charge in [0, 0.05) is 38.9 Å². The molecule has 25 nitrogen and oxygen atoms in total. The number of benzene rings is 1. The summed E-state index contributed by atoms with van der Waals surface area (Å²) in [5.41, 5.74) is 5.70. The monoisotopic (exact) mass is 1120 g/mol. The highest BCUT2D eigenvalue weighted by Crippen LogP contribution is 2.27. The van der Waals surface area contributed by atoms with Gasteiger partial charge < -0.3 is 93.0 Å². The molecule has 79 heavy (non-hydrogen) atoms. The number of nitrogens with two attached hydrogens (primary N) is 1. The van der Waals surface area contributed by atoms with E-state index in [1.165, 1.54) is 30.7 Å². The summed E-state index contributed by atoms with van der Waals surface area (Å²) in [5.74, 6) is -6.48. The first kappa shape index (κ1) is 66.4. The molecule has 3 aliphatic heterocycles. The van der Waals surface area contributed by atoms with E-state index in [1.807, 2.05) is 0 Å². The molecule has 3 fully saturated rings. The van der Waals surface area contributed by atoms with Gasteiger partial charge in [-0.2, -0.15) is 0 Å². The Labute approximate surface area is 463 Å². The molecular weight excluding hydrogens is 1030 g/mol. The van der Waals surface area contributed by atoms with E-state index in [-0.39, 0.29) is 56.8 Å². The second kappa shape index (κ2) is 33.0. The van der Waals surface area contributed by atoms with E-state index in [1.54, 1.807) is 6.92 Å². The second-order valence-electron chi connectivity index (χ2n) is 21.7. The third kappa shape index (κ3) is 19.8. The van der Waals surface area contributed by atoms with E-state index in [0.29, 0.717) is 31.2 Å². The Balaban J connectivity index is 1.75. The van der Waals surface area contributed by atoms with Crippen LogP contribution in [0.15, 0.2) is 24.3 Å². The summed E-state index contributed by atoms with van der Waals surface area (Å²) in [6.45, 7) is 8.93. The number of phenolic OH excluding ortho intramolecular Hbond substituents is 1. The van der Waals surface area contributed by atoms with E-state index < -0.39 is 146 Å². The summed E-state index contributed by atoms with van der Waals surface area (Å²) >= 11 is 0. The zero-order chi connectivity index (χ0) is 58.5. The molecular formula is C54H91N9O16. The number of amides is 7. The van der Waals surface area contributed by atoms with Gasteiger partial charge in [0.05, 0.1) is 31.0 Å². The number of unbranched alkanes of at least 4 members (excludes halogenated alkanes) is 5. The molecule has 0 bridgehead atoms. The molecule has 3 aliphatic rings. The number of nitrogens with zero attached hydrogens (tertiary/aromatic N) is 2. The van der Waals surface area contributed by atoms with Gasteiger partial charge in [0.2, 0.25) is 41.4 Å². The number of hydrogen-bond donors (Lipinski definition) is 15. The van der Waals surface area contributed by atoms with Crippen molar-refractivity contribution < 1.29 is 79.2 Å². The maximum Gasteiger partial charge on any atom is 0.248 e. The Bertz CT molecular complexity index is 2110. The average molecular weight is 1120 g/mol. The molecule has 1 aromatic rings. The van der Waals surface area contributed by atoms with Crippen LogP contribution in [0, 0.1) is 11.8 Å². The number of fused-ring (bicyclic) bond motifs is 2. The zero-order valence-corrected chi connectivity index (χ0v) is 46.5. The van der Waals surface area contributed by atoms with Crippen LogP contribution in [-0.4, -0.2) is 210 Å². The van der Waals surface area contributed by atoms with Crippen molar-refractivity contribution >= 4 is 41.4 Å². The summed E-state index contributed by atoms with van der Waals surface area (Å²) in [6.07, 6.45) is -7.23. The van der Waals surface area contributed by atoms with Crippen LogP contribution in [0.5, 0.6) is 5.75 Å². The summed E-state index contributed by atoms with van der Waals surface area (Å²) in [4.78, 5) is 102.